The molecule has 2 aromatic carbocycles. The number of rotatable bonds is 3. The second-order valence-electron chi connectivity index (χ2n) is 8.11. The molecule has 0 heterocycles. The quantitative estimate of drug-likeness (QED) is 0.661. The van der Waals surface area contributed by atoms with Crippen LogP contribution in [0.2, 0.25) is 0 Å². The molecule has 0 atom stereocenters. The summed E-state index contributed by atoms with van der Waals surface area (Å²) < 4.78 is 27.5. The number of carboxylic acids is 1. The largest absolute Gasteiger partial charge is 0.508 e. The fourth-order valence-electron chi connectivity index (χ4n) is 4.74. The summed E-state index contributed by atoms with van der Waals surface area (Å²) in [6.07, 6.45) is 3.09. The van der Waals surface area contributed by atoms with Crippen molar-refractivity contribution in [3.05, 3.63) is 70.3 Å². The number of aromatic hydroxyl groups is 1. The molecule has 0 radical (unpaired) electrons. The lowest BCUT2D eigenvalue weighted by molar-refractivity contribution is -0.0423. The molecule has 2 aromatic rings. The van der Waals surface area contributed by atoms with Crippen LogP contribution in [0.3, 0.4) is 0 Å². The first-order valence-electron chi connectivity index (χ1n) is 10.1. The molecule has 0 spiro atoms. The van der Waals surface area contributed by atoms with Crippen molar-refractivity contribution in [2.24, 2.45) is 5.92 Å². The van der Waals surface area contributed by atoms with Gasteiger partial charge in [0.1, 0.15) is 5.75 Å². The number of phenols is 1. The van der Waals surface area contributed by atoms with Gasteiger partial charge in [-0.2, -0.15) is 0 Å². The van der Waals surface area contributed by atoms with Crippen molar-refractivity contribution in [2.45, 2.75) is 50.9 Å². The van der Waals surface area contributed by atoms with Gasteiger partial charge in [0.05, 0.1) is 5.56 Å². The Bertz CT molecular complexity index is 968. The van der Waals surface area contributed by atoms with Gasteiger partial charge in [0, 0.05) is 12.8 Å². The van der Waals surface area contributed by atoms with Crippen molar-refractivity contribution in [1.29, 1.82) is 0 Å². The summed E-state index contributed by atoms with van der Waals surface area (Å²) >= 11 is 0. The Morgan fingerprint density at radius 3 is 2.48 bits per heavy atom. The monoisotopic (exact) mass is 398 g/mol. The molecule has 0 bridgehead atoms. The van der Waals surface area contributed by atoms with Crippen LogP contribution in [-0.2, 0) is 6.42 Å². The number of hydrogen-bond acceptors (Lipinski definition) is 2. The number of benzene rings is 2. The molecular formula is C24H24F2O3. The summed E-state index contributed by atoms with van der Waals surface area (Å²) in [6, 6.07) is 12.2. The molecule has 1 fully saturated rings. The van der Waals surface area contributed by atoms with E-state index in [-0.39, 0.29) is 30.1 Å². The zero-order valence-corrected chi connectivity index (χ0v) is 16.1. The summed E-state index contributed by atoms with van der Waals surface area (Å²) in [5, 5.41) is 19.4. The minimum Gasteiger partial charge on any atom is -0.508 e. The van der Waals surface area contributed by atoms with E-state index >= 15 is 0 Å². The third-order valence-electron chi connectivity index (χ3n) is 6.18. The number of aryl methyl sites for hydroxylation is 1. The summed E-state index contributed by atoms with van der Waals surface area (Å²) in [6.45, 7) is 0. The standard InChI is InChI=1S/C24H24F2O3/c25-24(26)11-9-15(10-12-24)20-6-2-3-16-13-18(23(28)29)7-8-21(16)22(20)17-4-1-5-19(27)14-17/h1,4-5,7-8,13-15,27H,2-3,6,9-12H2,(H,28,29). The van der Waals surface area contributed by atoms with E-state index in [2.05, 4.69) is 0 Å². The van der Waals surface area contributed by atoms with E-state index in [4.69, 9.17) is 0 Å². The number of alkyl halides is 2. The molecule has 2 aliphatic rings. The van der Waals surface area contributed by atoms with Gasteiger partial charge in [-0.3, -0.25) is 0 Å². The number of phenolic OH excluding ortho intramolecular Hbond substituents is 1. The molecule has 3 nitrogen and oxygen atoms in total. The van der Waals surface area contributed by atoms with Crippen LogP contribution in [-0.4, -0.2) is 22.1 Å². The van der Waals surface area contributed by atoms with E-state index in [1.54, 1.807) is 30.3 Å². The van der Waals surface area contributed by atoms with Crippen LogP contribution in [0.1, 0.15) is 65.6 Å². The Balaban J connectivity index is 1.87. The Kier molecular flexibility index (Phi) is 5.15. The lowest BCUT2D eigenvalue weighted by Gasteiger charge is -2.31. The minimum atomic E-state index is -2.58. The Morgan fingerprint density at radius 2 is 1.79 bits per heavy atom. The fourth-order valence-corrected chi connectivity index (χ4v) is 4.74. The van der Waals surface area contributed by atoms with Gasteiger partial charge < -0.3 is 10.2 Å². The van der Waals surface area contributed by atoms with Crippen LogP contribution >= 0.6 is 0 Å². The number of halogens is 2. The summed E-state index contributed by atoms with van der Waals surface area (Å²) in [7, 11) is 0. The molecule has 2 aliphatic carbocycles. The van der Waals surface area contributed by atoms with Crippen LogP contribution in [0.15, 0.2) is 48.0 Å². The maximum Gasteiger partial charge on any atom is 0.335 e. The van der Waals surface area contributed by atoms with Gasteiger partial charge >= 0.3 is 5.97 Å². The third kappa shape index (κ3) is 4.04. The highest BCUT2D eigenvalue weighted by molar-refractivity contribution is 5.90. The Labute approximate surface area is 168 Å². The number of carboxylic acid groups (broad SMARTS) is 1. The smallest absolute Gasteiger partial charge is 0.335 e. The second kappa shape index (κ2) is 7.62. The van der Waals surface area contributed by atoms with Crippen molar-refractivity contribution in [1.82, 2.24) is 0 Å². The fraction of sp³-hybridized carbons (Fsp3) is 0.375. The van der Waals surface area contributed by atoms with Crippen LogP contribution in [0.4, 0.5) is 8.78 Å². The molecule has 0 unspecified atom stereocenters. The molecule has 0 saturated heterocycles. The Morgan fingerprint density at radius 1 is 1.03 bits per heavy atom. The first kappa shape index (κ1) is 19.6. The number of allylic oxidation sites excluding steroid dienone is 1. The molecule has 2 N–H and O–H groups in total. The van der Waals surface area contributed by atoms with Crippen LogP contribution in [0.5, 0.6) is 5.75 Å². The third-order valence-corrected chi connectivity index (χ3v) is 6.18. The van der Waals surface area contributed by atoms with Gasteiger partial charge in [0.15, 0.2) is 0 Å². The van der Waals surface area contributed by atoms with Crippen molar-refractivity contribution >= 4 is 11.5 Å². The molecule has 0 aromatic heterocycles. The van der Waals surface area contributed by atoms with E-state index in [1.165, 1.54) is 0 Å². The Hall–Kier alpha value is -2.69. The van der Waals surface area contributed by atoms with E-state index in [9.17, 15) is 23.8 Å². The summed E-state index contributed by atoms with van der Waals surface area (Å²) in [5.41, 5.74) is 5.14. The molecule has 152 valence electrons. The number of carbonyl (C=O) groups is 1. The second-order valence-corrected chi connectivity index (χ2v) is 8.11. The number of aromatic carboxylic acids is 1. The highest BCUT2D eigenvalue weighted by atomic mass is 19.3. The molecule has 4 rings (SSSR count). The average Bonchev–Trinajstić information content (AvgIpc) is 2.87. The van der Waals surface area contributed by atoms with Gasteiger partial charge in [0.2, 0.25) is 5.92 Å². The van der Waals surface area contributed by atoms with Crippen LogP contribution < -0.4 is 0 Å². The van der Waals surface area contributed by atoms with Gasteiger partial charge in [-0.1, -0.05) is 23.8 Å². The van der Waals surface area contributed by atoms with E-state index < -0.39 is 11.9 Å². The number of fused-ring (bicyclic) bond motifs is 1. The van der Waals surface area contributed by atoms with Gasteiger partial charge in [-0.15, -0.1) is 0 Å². The van der Waals surface area contributed by atoms with Crippen LogP contribution in [0.25, 0.3) is 5.57 Å². The van der Waals surface area contributed by atoms with Crippen molar-refractivity contribution in [2.75, 3.05) is 0 Å². The zero-order chi connectivity index (χ0) is 20.6. The summed E-state index contributed by atoms with van der Waals surface area (Å²) in [5.74, 6) is -3.31. The maximum atomic E-state index is 13.8. The maximum absolute atomic E-state index is 13.8. The number of hydrogen-bond donors (Lipinski definition) is 2. The molecule has 5 heteroatoms. The van der Waals surface area contributed by atoms with Gasteiger partial charge in [-0.05, 0) is 84.6 Å². The van der Waals surface area contributed by atoms with Gasteiger partial charge in [0.25, 0.3) is 0 Å². The summed E-state index contributed by atoms with van der Waals surface area (Å²) in [4.78, 5) is 11.4. The van der Waals surface area contributed by atoms with Crippen molar-refractivity contribution in [3.8, 4) is 5.75 Å². The topological polar surface area (TPSA) is 57.5 Å². The lowest BCUT2D eigenvalue weighted by Crippen LogP contribution is -2.25. The van der Waals surface area contributed by atoms with Gasteiger partial charge in [-0.25, -0.2) is 13.6 Å². The molecule has 29 heavy (non-hydrogen) atoms. The normalized spacial score (nSPS) is 19.5. The highest BCUT2D eigenvalue weighted by Crippen LogP contribution is 2.46. The predicted octanol–water partition coefficient (Wildman–Crippen LogP) is 6.05. The molecule has 1 saturated carbocycles. The molecule has 0 amide bonds. The minimum absolute atomic E-state index is 0.0806. The molecular weight excluding hydrogens is 374 g/mol. The first-order chi connectivity index (χ1) is 13.8. The highest BCUT2D eigenvalue weighted by Gasteiger charge is 2.37. The van der Waals surface area contributed by atoms with E-state index in [0.717, 1.165) is 47.1 Å². The van der Waals surface area contributed by atoms with Crippen molar-refractivity contribution in [3.63, 3.8) is 0 Å². The predicted molar refractivity (Wildman–Crippen MR) is 107 cm³/mol. The van der Waals surface area contributed by atoms with Crippen LogP contribution in [0, 0.1) is 5.92 Å². The average molecular weight is 398 g/mol. The van der Waals surface area contributed by atoms with Crippen molar-refractivity contribution < 1.29 is 23.8 Å². The lowest BCUT2D eigenvalue weighted by atomic mass is 9.77. The van der Waals surface area contributed by atoms with E-state index in [0.29, 0.717) is 12.8 Å². The molecule has 0 aliphatic heterocycles. The first-order valence-corrected chi connectivity index (χ1v) is 10.1. The zero-order valence-electron chi connectivity index (χ0n) is 16.1. The SMILES string of the molecule is O=C(O)c1ccc2c(c1)CCCC(C1CCC(F)(F)CC1)=C2c1cccc(O)c1. The van der Waals surface area contributed by atoms with E-state index in [1.807, 2.05) is 12.1 Å².